The molecule has 1 unspecified atom stereocenters. The van der Waals surface area contributed by atoms with Crippen LogP contribution in [0.5, 0.6) is 11.5 Å². The molecule has 0 aliphatic carbocycles. The molecule has 1 amide bonds. The molecule has 37 heavy (non-hydrogen) atoms. The van der Waals surface area contributed by atoms with Gasteiger partial charge in [-0.25, -0.2) is 4.79 Å². The molecule has 190 valence electrons. The minimum atomic E-state index is -0.935. The summed E-state index contributed by atoms with van der Waals surface area (Å²) in [5, 5.41) is 11.3. The first-order valence-corrected chi connectivity index (χ1v) is 11.8. The molecule has 1 atom stereocenters. The number of carbonyl (C=O) groups is 3. The van der Waals surface area contributed by atoms with Gasteiger partial charge in [0, 0.05) is 11.3 Å². The van der Waals surface area contributed by atoms with Gasteiger partial charge in [-0.15, -0.1) is 0 Å². The number of anilines is 1. The van der Waals surface area contributed by atoms with Crippen molar-refractivity contribution >= 4 is 29.1 Å². The molecule has 0 spiro atoms. The lowest BCUT2D eigenvalue weighted by Gasteiger charge is -2.26. The number of nitrogens with zero attached hydrogens (tertiary/aromatic N) is 1. The zero-order chi connectivity index (χ0) is 26.5. The quantitative estimate of drug-likeness (QED) is 0.203. The Morgan fingerprint density at radius 1 is 0.892 bits per heavy atom. The molecule has 8 nitrogen and oxygen atoms in total. The zero-order valence-corrected chi connectivity index (χ0v) is 20.8. The number of ketones is 1. The third-order valence-corrected chi connectivity index (χ3v) is 5.95. The second-order valence-electron chi connectivity index (χ2n) is 8.17. The van der Waals surface area contributed by atoms with Crippen LogP contribution in [0.15, 0.2) is 78.4 Å². The fourth-order valence-corrected chi connectivity index (χ4v) is 4.23. The molecule has 0 radical (unpaired) electrons. The van der Waals surface area contributed by atoms with Gasteiger partial charge in [0.2, 0.25) is 0 Å². The maximum Gasteiger partial charge on any atom is 0.338 e. The molecule has 0 aromatic heterocycles. The van der Waals surface area contributed by atoms with Crippen molar-refractivity contribution in [3.8, 4) is 11.5 Å². The highest BCUT2D eigenvalue weighted by Gasteiger charge is 2.47. The van der Waals surface area contributed by atoms with E-state index in [1.165, 1.54) is 24.1 Å². The highest BCUT2D eigenvalue weighted by atomic mass is 16.5. The Balaban J connectivity index is 1.84. The van der Waals surface area contributed by atoms with Crippen LogP contribution in [0.25, 0.3) is 5.76 Å². The van der Waals surface area contributed by atoms with Crippen molar-refractivity contribution < 1.29 is 33.7 Å². The first-order valence-electron chi connectivity index (χ1n) is 11.8. The number of aliphatic hydroxyl groups excluding tert-OH is 1. The molecule has 1 N–H and O–H groups in total. The van der Waals surface area contributed by atoms with Gasteiger partial charge < -0.3 is 19.3 Å². The van der Waals surface area contributed by atoms with E-state index >= 15 is 0 Å². The molecule has 0 bridgehead atoms. The van der Waals surface area contributed by atoms with Gasteiger partial charge in [0.1, 0.15) is 17.3 Å². The van der Waals surface area contributed by atoms with E-state index < -0.39 is 23.7 Å². The van der Waals surface area contributed by atoms with Crippen LogP contribution in [-0.4, -0.2) is 43.1 Å². The van der Waals surface area contributed by atoms with Crippen LogP contribution in [0.3, 0.4) is 0 Å². The van der Waals surface area contributed by atoms with Gasteiger partial charge in [0.15, 0.2) is 0 Å². The standard InChI is InChI=1S/C29H27NO7/c1-4-36-22-15-11-18(12-16-22)26(31)24-25(20-7-6-8-23(17-20)35-3)30(28(33)27(24)32)21-13-9-19(10-14-21)29(34)37-5-2/h6-17,25,31H,4-5H2,1-3H3/b26-24+. The molecule has 1 saturated heterocycles. The second-order valence-corrected chi connectivity index (χ2v) is 8.17. The molecule has 1 aliphatic rings. The van der Waals surface area contributed by atoms with Crippen LogP contribution in [0.1, 0.15) is 41.4 Å². The fourth-order valence-electron chi connectivity index (χ4n) is 4.23. The Hall–Kier alpha value is -4.59. The van der Waals surface area contributed by atoms with Gasteiger partial charge in [0.25, 0.3) is 11.7 Å². The number of benzene rings is 3. The Morgan fingerprint density at radius 2 is 1.57 bits per heavy atom. The molecule has 1 fully saturated rings. The maximum absolute atomic E-state index is 13.3. The summed E-state index contributed by atoms with van der Waals surface area (Å²) >= 11 is 0. The highest BCUT2D eigenvalue weighted by molar-refractivity contribution is 6.51. The molecule has 3 aromatic carbocycles. The van der Waals surface area contributed by atoms with Crippen molar-refractivity contribution in [1.29, 1.82) is 0 Å². The summed E-state index contributed by atoms with van der Waals surface area (Å²) in [6.45, 7) is 4.30. The topological polar surface area (TPSA) is 102 Å². The van der Waals surface area contributed by atoms with Gasteiger partial charge in [-0.1, -0.05) is 12.1 Å². The van der Waals surface area contributed by atoms with E-state index in [-0.39, 0.29) is 17.9 Å². The van der Waals surface area contributed by atoms with Crippen LogP contribution in [0.2, 0.25) is 0 Å². The number of Topliss-reactive ketones (excluding diaryl/α,β-unsaturated/α-hetero) is 1. The molecule has 0 saturated carbocycles. The van der Waals surface area contributed by atoms with E-state index in [1.54, 1.807) is 67.6 Å². The Kier molecular flexibility index (Phi) is 7.57. The highest BCUT2D eigenvalue weighted by Crippen LogP contribution is 2.43. The van der Waals surface area contributed by atoms with Crippen molar-refractivity contribution in [1.82, 2.24) is 0 Å². The van der Waals surface area contributed by atoms with Crippen LogP contribution in [0, 0.1) is 0 Å². The van der Waals surface area contributed by atoms with E-state index in [1.807, 2.05) is 6.92 Å². The minimum Gasteiger partial charge on any atom is -0.507 e. The first-order chi connectivity index (χ1) is 17.9. The Bertz CT molecular complexity index is 1340. The van der Waals surface area contributed by atoms with Crippen molar-refractivity contribution in [3.63, 3.8) is 0 Å². The monoisotopic (exact) mass is 501 g/mol. The van der Waals surface area contributed by atoms with Crippen molar-refractivity contribution in [2.24, 2.45) is 0 Å². The number of amides is 1. The SMILES string of the molecule is CCOC(=O)c1ccc(N2C(=O)C(=O)/C(=C(/O)c3ccc(OCC)cc3)C2c2cccc(OC)c2)cc1. The van der Waals surface area contributed by atoms with Gasteiger partial charge in [-0.3, -0.25) is 14.5 Å². The van der Waals surface area contributed by atoms with E-state index in [4.69, 9.17) is 14.2 Å². The molecular formula is C29H27NO7. The third kappa shape index (κ3) is 5.04. The number of aliphatic hydroxyl groups is 1. The largest absolute Gasteiger partial charge is 0.507 e. The van der Waals surface area contributed by atoms with Gasteiger partial charge >= 0.3 is 5.97 Å². The van der Waals surface area contributed by atoms with Gasteiger partial charge in [-0.2, -0.15) is 0 Å². The summed E-state index contributed by atoms with van der Waals surface area (Å²) in [5.74, 6) is -1.28. The summed E-state index contributed by atoms with van der Waals surface area (Å²) in [4.78, 5) is 40.1. The van der Waals surface area contributed by atoms with Gasteiger partial charge in [-0.05, 0) is 80.1 Å². The number of rotatable bonds is 8. The Morgan fingerprint density at radius 3 is 2.19 bits per heavy atom. The number of hydrogen-bond acceptors (Lipinski definition) is 7. The number of esters is 1. The van der Waals surface area contributed by atoms with Crippen LogP contribution in [-0.2, 0) is 14.3 Å². The lowest BCUT2D eigenvalue weighted by molar-refractivity contribution is -0.132. The third-order valence-electron chi connectivity index (χ3n) is 5.95. The van der Waals surface area contributed by atoms with Crippen molar-refractivity contribution in [2.45, 2.75) is 19.9 Å². The van der Waals surface area contributed by atoms with E-state index in [2.05, 4.69) is 0 Å². The fraction of sp³-hybridized carbons (Fsp3) is 0.207. The minimum absolute atomic E-state index is 0.0584. The van der Waals surface area contributed by atoms with Crippen LogP contribution >= 0.6 is 0 Å². The molecule has 1 heterocycles. The number of methoxy groups -OCH3 is 1. The maximum atomic E-state index is 13.3. The average molecular weight is 502 g/mol. The zero-order valence-electron chi connectivity index (χ0n) is 20.8. The molecular weight excluding hydrogens is 474 g/mol. The Labute approximate surface area is 214 Å². The summed E-state index contributed by atoms with van der Waals surface area (Å²) < 4.78 is 15.9. The first kappa shape index (κ1) is 25.5. The summed E-state index contributed by atoms with van der Waals surface area (Å²) in [6.07, 6.45) is 0. The van der Waals surface area contributed by atoms with Crippen LogP contribution in [0.4, 0.5) is 5.69 Å². The predicted octanol–water partition coefficient (Wildman–Crippen LogP) is 4.90. The van der Waals surface area contributed by atoms with E-state index in [0.29, 0.717) is 40.5 Å². The molecule has 4 rings (SSSR count). The smallest absolute Gasteiger partial charge is 0.338 e. The van der Waals surface area contributed by atoms with E-state index in [0.717, 1.165) is 0 Å². The lowest BCUT2D eigenvalue weighted by Crippen LogP contribution is -2.29. The normalized spacial score (nSPS) is 16.5. The summed E-state index contributed by atoms with van der Waals surface area (Å²) in [5.41, 5.74) is 1.58. The summed E-state index contributed by atoms with van der Waals surface area (Å²) in [7, 11) is 1.52. The van der Waals surface area contributed by atoms with Crippen molar-refractivity contribution in [2.75, 3.05) is 25.2 Å². The molecule has 3 aromatic rings. The second kappa shape index (κ2) is 11.0. The van der Waals surface area contributed by atoms with E-state index in [9.17, 15) is 19.5 Å². The molecule has 1 aliphatic heterocycles. The van der Waals surface area contributed by atoms with Crippen molar-refractivity contribution in [3.05, 3.63) is 95.1 Å². The number of carbonyl (C=O) groups excluding carboxylic acids is 3. The van der Waals surface area contributed by atoms with Gasteiger partial charge in [0.05, 0.1) is 37.5 Å². The number of hydrogen-bond donors (Lipinski definition) is 1. The average Bonchev–Trinajstić information content (AvgIpc) is 3.19. The van der Waals surface area contributed by atoms with Crippen LogP contribution < -0.4 is 14.4 Å². The lowest BCUT2D eigenvalue weighted by atomic mass is 9.95. The predicted molar refractivity (Wildman–Crippen MR) is 138 cm³/mol. The summed E-state index contributed by atoms with van der Waals surface area (Å²) in [6, 6.07) is 18.8. The molecule has 8 heteroatoms. The number of ether oxygens (including phenoxy) is 3.